The van der Waals surface area contributed by atoms with E-state index in [-0.39, 0.29) is 16.4 Å². The van der Waals surface area contributed by atoms with Gasteiger partial charge in [-0.1, -0.05) is 36.4 Å². The monoisotopic (exact) mass is 279 g/mol. The molecule has 1 heterocycles. The zero-order valence-corrected chi connectivity index (χ0v) is 11.4. The molecule has 21 heavy (non-hydrogen) atoms. The Labute approximate surface area is 120 Å². The molecule has 0 spiro atoms. The van der Waals surface area contributed by atoms with Crippen molar-refractivity contribution >= 4 is 16.9 Å². The quantitative estimate of drug-likeness (QED) is 0.783. The number of benzene rings is 2. The molecule has 2 aromatic carbocycles. The van der Waals surface area contributed by atoms with E-state index in [0.717, 1.165) is 5.56 Å². The Morgan fingerprint density at radius 2 is 1.76 bits per heavy atom. The lowest BCUT2D eigenvalue weighted by Crippen LogP contribution is -2.17. The molecule has 1 amide bonds. The Kier molecular flexibility index (Phi) is 3.06. The molecule has 0 atom stereocenters. The van der Waals surface area contributed by atoms with E-state index < -0.39 is 5.91 Å². The van der Waals surface area contributed by atoms with Crippen LogP contribution in [0, 0.1) is 6.92 Å². The minimum absolute atomic E-state index is 0.184. The van der Waals surface area contributed by atoms with Crippen LogP contribution in [-0.4, -0.2) is 5.91 Å². The fourth-order valence-electron chi connectivity index (χ4n) is 2.40. The molecule has 0 bridgehead atoms. The van der Waals surface area contributed by atoms with E-state index in [9.17, 15) is 9.59 Å². The highest BCUT2D eigenvalue weighted by Crippen LogP contribution is 2.26. The van der Waals surface area contributed by atoms with E-state index in [1.165, 1.54) is 6.07 Å². The van der Waals surface area contributed by atoms with Crippen molar-refractivity contribution in [3.05, 3.63) is 69.9 Å². The highest BCUT2D eigenvalue weighted by molar-refractivity contribution is 6.05. The number of rotatable bonds is 2. The Hall–Kier alpha value is -2.88. The molecular weight excluding hydrogens is 266 g/mol. The number of nitrogens with two attached hydrogens (primary N) is 1. The number of hydrogen-bond acceptors (Lipinski definition) is 3. The van der Waals surface area contributed by atoms with Crippen LogP contribution >= 0.6 is 0 Å². The summed E-state index contributed by atoms with van der Waals surface area (Å²) in [6, 6.07) is 14.2. The second kappa shape index (κ2) is 4.90. The molecule has 3 rings (SSSR count). The standard InChI is InChI=1S/C17H13NO3/c1-10-15(19)14-12(17(18)20)8-5-9-13(14)21-16(10)11-6-3-2-4-7-11/h2-9H,1H3,(H2,18,20). The maximum absolute atomic E-state index is 12.6. The van der Waals surface area contributed by atoms with E-state index in [1.54, 1.807) is 19.1 Å². The lowest BCUT2D eigenvalue weighted by Gasteiger charge is -2.08. The first kappa shape index (κ1) is 13.1. The van der Waals surface area contributed by atoms with Gasteiger partial charge in [0.25, 0.3) is 0 Å². The Morgan fingerprint density at radius 3 is 2.43 bits per heavy atom. The predicted molar refractivity (Wildman–Crippen MR) is 81.2 cm³/mol. The fourth-order valence-corrected chi connectivity index (χ4v) is 2.40. The highest BCUT2D eigenvalue weighted by atomic mass is 16.3. The summed E-state index contributed by atoms with van der Waals surface area (Å²) in [7, 11) is 0. The van der Waals surface area contributed by atoms with E-state index in [1.807, 2.05) is 30.3 Å². The lowest BCUT2D eigenvalue weighted by molar-refractivity contribution is 0.100. The summed E-state index contributed by atoms with van der Waals surface area (Å²) in [4.78, 5) is 24.1. The zero-order chi connectivity index (χ0) is 15.0. The highest BCUT2D eigenvalue weighted by Gasteiger charge is 2.16. The number of primary amides is 1. The average Bonchev–Trinajstić information content (AvgIpc) is 2.51. The third-order valence-corrected chi connectivity index (χ3v) is 3.45. The molecule has 0 radical (unpaired) electrons. The van der Waals surface area contributed by atoms with Crippen LogP contribution in [0.15, 0.2) is 57.7 Å². The van der Waals surface area contributed by atoms with Gasteiger partial charge < -0.3 is 10.2 Å². The molecule has 2 N–H and O–H groups in total. The van der Waals surface area contributed by atoms with E-state index in [2.05, 4.69) is 0 Å². The van der Waals surface area contributed by atoms with Gasteiger partial charge in [-0.3, -0.25) is 9.59 Å². The van der Waals surface area contributed by atoms with Crippen molar-refractivity contribution in [2.75, 3.05) is 0 Å². The minimum Gasteiger partial charge on any atom is -0.456 e. The summed E-state index contributed by atoms with van der Waals surface area (Å²) in [6.07, 6.45) is 0. The van der Waals surface area contributed by atoms with Crippen molar-refractivity contribution in [1.29, 1.82) is 0 Å². The number of carbonyl (C=O) groups is 1. The van der Waals surface area contributed by atoms with Crippen LogP contribution in [0.4, 0.5) is 0 Å². The Morgan fingerprint density at radius 1 is 1.05 bits per heavy atom. The molecule has 0 fully saturated rings. The van der Waals surface area contributed by atoms with Gasteiger partial charge in [0.05, 0.1) is 10.9 Å². The zero-order valence-electron chi connectivity index (χ0n) is 11.4. The summed E-state index contributed by atoms with van der Waals surface area (Å²) < 4.78 is 5.84. The number of hydrogen-bond donors (Lipinski definition) is 1. The van der Waals surface area contributed by atoms with Crippen LogP contribution in [0.2, 0.25) is 0 Å². The molecule has 104 valence electrons. The predicted octanol–water partition coefficient (Wildman–Crippen LogP) is 2.87. The topological polar surface area (TPSA) is 73.3 Å². The first-order valence-corrected chi connectivity index (χ1v) is 6.51. The summed E-state index contributed by atoms with van der Waals surface area (Å²) in [6.45, 7) is 1.69. The van der Waals surface area contributed by atoms with Gasteiger partial charge in [0, 0.05) is 11.1 Å². The van der Waals surface area contributed by atoms with Crippen molar-refractivity contribution in [2.45, 2.75) is 6.92 Å². The second-order valence-electron chi connectivity index (χ2n) is 4.79. The molecule has 4 nitrogen and oxygen atoms in total. The van der Waals surface area contributed by atoms with Crippen LogP contribution < -0.4 is 11.2 Å². The van der Waals surface area contributed by atoms with Gasteiger partial charge in [0.15, 0.2) is 5.43 Å². The number of amides is 1. The third-order valence-electron chi connectivity index (χ3n) is 3.45. The summed E-state index contributed by atoms with van der Waals surface area (Å²) in [5.74, 6) is -0.130. The summed E-state index contributed by atoms with van der Waals surface area (Å²) in [5, 5.41) is 0.238. The Bertz CT molecular complexity index is 895. The van der Waals surface area contributed by atoms with Gasteiger partial charge in [-0.15, -0.1) is 0 Å². The normalized spacial score (nSPS) is 10.7. The van der Waals surface area contributed by atoms with Crippen LogP contribution in [-0.2, 0) is 0 Å². The van der Waals surface area contributed by atoms with E-state index in [4.69, 9.17) is 10.2 Å². The molecule has 0 saturated carbocycles. The number of carbonyl (C=O) groups excluding carboxylic acids is 1. The van der Waals surface area contributed by atoms with Gasteiger partial charge in [0.2, 0.25) is 5.91 Å². The first-order valence-electron chi connectivity index (χ1n) is 6.51. The van der Waals surface area contributed by atoms with Gasteiger partial charge in [-0.2, -0.15) is 0 Å². The van der Waals surface area contributed by atoms with Gasteiger partial charge in [-0.25, -0.2) is 0 Å². The SMILES string of the molecule is Cc1c(-c2ccccc2)oc2cccc(C(N)=O)c2c1=O. The lowest BCUT2D eigenvalue weighted by atomic mass is 10.0. The first-order chi connectivity index (χ1) is 10.1. The molecule has 1 aromatic heterocycles. The fraction of sp³-hybridized carbons (Fsp3) is 0.0588. The maximum Gasteiger partial charge on any atom is 0.249 e. The minimum atomic E-state index is -0.639. The van der Waals surface area contributed by atoms with Crippen LogP contribution in [0.25, 0.3) is 22.3 Å². The van der Waals surface area contributed by atoms with Gasteiger partial charge >= 0.3 is 0 Å². The van der Waals surface area contributed by atoms with Crippen molar-refractivity contribution in [1.82, 2.24) is 0 Å². The second-order valence-corrected chi connectivity index (χ2v) is 4.79. The average molecular weight is 279 g/mol. The molecule has 0 aliphatic carbocycles. The van der Waals surface area contributed by atoms with E-state index >= 15 is 0 Å². The van der Waals surface area contributed by atoms with Gasteiger partial charge in [-0.05, 0) is 19.1 Å². The van der Waals surface area contributed by atoms with E-state index in [0.29, 0.717) is 16.9 Å². The number of fused-ring (bicyclic) bond motifs is 1. The van der Waals surface area contributed by atoms with Crippen molar-refractivity contribution < 1.29 is 9.21 Å². The van der Waals surface area contributed by atoms with Crippen molar-refractivity contribution in [2.24, 2.45) is 5.73 Å². The molecular formula is C17H13NO3. The van der Waals surface area contributed by atoms with Crippen LogP contribution in [0.3, 0.4) is 0 Å². The molecule has 0 unspecified atom stereocenters. The van der Waals surface area contributed by atoms with Gasteiger partial charge in [0.1, 0.15) is 11.3 Å². The molecule has 3 aromatic rings. The summed E-state index contributed by atoms with van der Waals surface area (Å²) >= 11 is 0. The largest absolute Gasteiger partial charge is 0.456 e. The third kappa shape index (κ3) is 2.10. The molecule has 4 heteroatoms. The maximum atomic E-state index is 12.6. The Balaban J connectivity index is 2.41. The molecule has 0 aliphatic rings. The van der Waals surface area contributed by atoms with Crippen molar-refractivity contribution in [3.8, 4) is 11.3 Å². The smallest absolute Gasteiger partial charge is 0.249 e. The summed E-state index contributed by atoms with van der Waals surface area (Å²) in [5.41, 5.74) is 6.92. The molecule has 0 saturated heterocycles. The molecule has 0 aliphatic heterocycles. The van der Waals surface area contributed by atoms with Crippen LogP contribution in [0.5, 0.6) is 0 Å². The van der Waals surface area contributed by atoms with Crippen LogP contribution in [0.1, 0.15) is 15.9 Å². The van der Waals surface area contributed by atoms with Crippen molar-refractivity contribution in [3.63, 3.8) is 0 Å².